The number of halogens is 10. The van der Waals surface area contributed by atoms with Gasteiger partial charge < -0.3 is 9.47 Å². The van der Waals surface area contributed by atoms with E-state index in [4.69, 9.17) is 4.74 Å². The summed E-state index contributed by atoms with van der Waals surface area (Å²) in [6.07, 6.45) is -7.57. The zero-order chi connectivity index (χ0) is 29.4. The van der Waals surface area contributed by atoms with E-state index in [0.717, 1.165) is 31.4 Å². The molecule has 1 heterocycles. The third-order valence-electron chi connectivity index (χ3n) is 6.62. The van der Waals surface area contributed by atoms with E-state index >= 15 is 0 Å². The highest BCUT2D eigenvalue weighted by Crippen LogP contribution is 2.40. The molecule has 0 spiro atoms. The summed E-state index contributed by atoms with van der Waals surface area (Å²) in [4.78, 5) is 0. The first-order chi connectivity index (χ1) is 18.7. The van der Waals surface area contributed by atoms with E-state index in [1.807, 2.05) is 6.92 Å². The molecule has 1 fully saturated rings. The second-order valence-corrected chi connectivity index (χ2v) is 9.49. The van der Waals surface area contributed by atoms with Crippen LogP contribution in [0.25, 0.3) is 11.1 Å². The molecule has 0 aliphatic carbocycles. The molecule has 3 aromatic carbocycles. The minimum Gasteiger partial charge on any atom is -0.429 e. The predicted octanol–water partition coefficient (Wildman–Crippen LogP) is 9.46. The van der Waals surface area contributed by atoms with Crippen molar-refractivity contribution in [3.63, 3.8) is 0 Å². The van der Waals surface area contributed by atoms with Gasteiger partial charge in [-0.05, 0) is 72.7 Å². The van der Waals surface area contributed by atoms with Crippen LogP contribution < -0.4 is 4.74 Å². The number of hydrogen-bond donors (Lipinski definition) is 0. The summed E-state index contributed by atoms with van der Waals surface area (Å²) in [5.41, 5.74) is -5.17. The van der Waals surface area contributed by atoms with Crippen LogP contribution in [0.5, 0.6) is 5.75 Å². The summed E-state index contributed by atoms with van der Waals surface area (Å²) in [6, 6.07) is 3.65. The third-order valence-corrected chi connectivity index (χ3v) is 6.62. The number of rotatable bonds is 7. The van der Waals surface area contributed by atoms with Gasteiger partial charge in [0.1, 0.15) is 46.0 Å². The summed E-state index contributed by atoms with van der Waals surface area (Å²) < 4.78 is 150. The van der Waals surface area contributed by atoms with Gasteiger partial charge in [-0.2, -0.15) is 22.0 Å². The molecule has 2 nitrogen and oxygen atoms in total. The Morgan fingerprint density at radius 3 is 1.88 bits per heavy atom. The second-order valence-electron chi connectivity index (χ2n) is 9.49. The molecule has 40 heavy (non-hydrogen) atoms. The smallest absolute Gasteiger partial charge is 0.429 e. The fourth-order valence-corrected chi connectivity index (χ4v) is 4.75. The Morgan fingerprint density at radius 1 is 0.775 bits per heavy atom. The molecule has 4 rings (SSSR count). The molecule has 216 valence electrons. The fourth-order valence-electron chi connectivity index (χ4n) is 4.75. The predicted molar refractivity (Wildman–Crippen MR) is 124 cm³/mol. The zero-order valence-corrected chi connectivity index (χ0v) is 20.8. The molecule has 0 bridgehead atoms. The maximum absolute atomic E-state index is 14.8. The van der Waals surface area contributed by atoms with Crippen LogP contribution in [0, 0.1) is 35.0 Å². The van der Waals surface area contributed by atoms with Crippen LogP contribution in [0.2, 0.25) is 0 Å². The van der Waals surface area contributed by atoms with E-state index in [1.165, 1.54) is 0 Å². The fraction of sp³-hybridized carbons (Fsp3) is 0.357. The molecular formula is C28H22F10O2. The van der Waals surface area contributed by atoms with Gasteiger partial charge in [-0.25, -0.2) is 22.0 Å². The Kier molecular flexibility index (Phi) is 8.39. The van der Waals surface area contributed by atoms with Crippen LogP contribution in [-0.2, 0) is 17.0 Å². The van der Waals surface area contributed by atoms with E-state index in [-0.39, 0.29) is 17.7 Å². The third kappa shape index (κ3) is 6.21. The summed E-state index contributed by atoms with van der Waals surface area (Å²) in [7, 11) is 0. The molecule has 0 saturated carbocycles. The van der Waals surface area contributed by atoms with Gasteiger partial charge in [-0.1, -0.05) is 13.3 Å². The van der Waals surface area contributed by atoms with Gasteiger partial charge in [0.05, 0.1) is 12.7 Å². The van der Waals surface area contributed by atoms with Gasteiger partial charge in [-0.15, -0.1) is 0 Å². The zero-order valence-electron chi connectivity index (χ0n) is 20.8. The number of hydrogen-bond acceptors (Lipinski definition) is 2. The van der Waals surface area contributed by atoms with Crippen LogP contribution in [0.1, 0.15) is 55.4 Å². The van der Waals surface area contributed by atoms with E-state index in [0.29, 0.717) is 37.1 Å². The van der Waals surface area contributed by atoms with Gasteiger partial charge in [-0.3, -0.25) is 0 Å². The lowest BCUT2D eigenvalue weighted by Gasteiger charge is -2.29. The minimum atomic E-state index is -5.35. The van der Waals surface area contributed by atoms with Gasteiger partial charge in [0.2, 0.25) is 0 Å². The SMILES string of the molecule is CCCC1CCC(c2cc(F)c(C(F)(F)Oc3ccc(-c4cc(F)c(C(F)(F)F)c(F)c4)c(F)c3)c(F)c2)OC1. The quantitative estimate of drug-likeness (QED) is 0.259. The van der Waals surface area contributed by atoms with Crippen LogP contribution in [0.3, 0.4) is 0 Å². The van der Waals surface area contributed by atoms with Crippen molar-refractivity contribution in [1.82, 2.24) is 0 Å². The molecular weight excluding hydrogens is 558 g/mol. The van der Waals surface area contributed by atoms with E-state index in [9.17, 15) is 43.9 Å². The Morgan fingerprint density at radius 2 is 1.38 bits per heavy atom. The van der Waals surface area contributed by atoms with Crippen molar-refractivity contribution in [2.45, 2.75) is 51.0 Å². The van der Waals surface area contributed by atoms with Crippen molar-refractivity contribution in [3.05, 3.63) is 88.2 Å². The van der Waals surface area contributed by atoms with Crippen molar-refractivity contribution < 1.29 is 53.4 Å². The first-order valence-electron chi connectivity index (χ1n) is 12.2. The average Bonchev–Trinajstić information content (AvgIpc) is 2.82. The van der Waals surface area contributed by atoms with Crippen LogP contribution >= 0.6 is 0 Å². The minimum absolute atomic E-state index is 0.0379. The maximum atomic E-state index is 14.8. The van der Waals surface area contributed by atoms with Crippen LogP contribution in [0.4, 0.5) is 43.9 Å². The standard InChI is InChI=1S/C28H22F10O2/c1-2-3-14-4-7-24(39-13-14)16-10-22(32)26(23(33)11-16)28(37,38)40-17-5-6-18(19(29)12-17)15-8-20(30)25(21(31)9-15)27(34,35)36/h5-6,8-12,14,24H,2-4,7,13H2,1H3. The molecule has 0 N–H and O–H groups in total. The van der Waals surface area contributed by atoms with Crippen molar-refractivity contribution >= 4 is 0 Å². The molecule has 0 radical (unpaired) electrons. The monoisotopic (exact) mass is 580 g/mol. The summed E-state index contributed by atoms with van der Waals surface area (Å²) in [5.74, 6) is -9.28. The molecule has 12 heteroatoms. The van der Waals surface area contributed by atoms with Crippen LogP contribution in [-0.4, -0.2) is 6.61 Å². The highest BCUT2D eigenvalue weighted by atomic mass is 19.4. The highest BCUT2D eigenvalue weighted by Gasteiger charge is 2.42. The van der Waals surface area contributed by atoms with Gasteiger partial charge in [0.25, 0.3) is 0 Å². The van der Waals surface area contributed by atoms with Crippen molar-refractivity contribution in [2.24, 2.45) is 5.92 Å². The Bertz CT molecular complexity index is 1330. The van der Waals surface area contributed by atoms with Crippen LogP contribution in [0.15, 0.2) is 42.5 Å². The molecule has 2 atom stereocenters. The Labute approximate surface area is 222 Å². The van der Waals surface area contributed by atoms with E-state index in [1.54, 1.807) is 0 Å². The lowest BCUT2D eigenvalue weighted by atomic mass is 9.91. The molecule has 2 unspecified atom stereocenters. The normalized spacial score (nSPS) is 18.2. The Balaban J connectivity index is 1.55. The number of alkyl halides is 5. The summed E-state index contributed by atoms with van der Waals surface area (Å²) in [6.45, 7) is 2.39. The lowest BCUT2D eigenvalue weighted by Crippen LogP contribution is -2.26. The van der Waals surface area contributed by atoms with E-state index in [2.05, 4.69) is 4.74 Å². The highest BCUT2D eigenvalue weighted by molar-refractivity contribution is 5.66. The molecule has 0 aromatic heterocycles. The van der Waals surface area contributed by atoms with Gasteiger partial charge in [0, 0.05) is 11.6 Å². The van der Waals surface area contributed by atoms with Crippen molar-refractivity contribution in [2.75, 3.05) is 6.61 Å². The lowest BCUT2D eigenvalue weighted by molar-refractivity contribution is -0.189. The number of benzene rings is 3. The summed E-state index contributed by atoms with van der Waals surface area (Å²) in [5, 5.41) is 0. The number of ether oxygens (including phenoxy) is 2. The molecule has 0 amide bonds. The topological polar surface area (TPSA) is 18.5 Å². The molecule has 1 aliphatic rings. The molecule has 3 aromatic rings. The van der Waals surface area contributed by atoms with Crippen molar-refractivity contribution in [1.29, 1.82) is 0 Å². The largest absolute Gasteiger partial charge is 0.432 e. The van der Waals surface area contributed by atoms with Crippen molar-refractivity contribution in [3.8, 4) is 16.9 Å². The van der Waals surface area contributed by atoms with Gasteiger partial charge in [0.15, 0.2) is 0 Å². The molecule has 1 saturated heterocycles. The maximum Gasteiger partial charge on any atom is 0.432 e. The molecule has 1 aliphatic heterocycles. The Hall–Kier alpha value is -3.28. The van der Waals surface area contributed by atoms with Gasteiger partial charge >= 0.3 is 12.3 Å². The first-order valence-corrected chi connectivity index (χ1v) is 12.2. The second kappa shape index (κ2) is 11.3. The average molecular weight is 580 g/mol. The summed E-state index contributed by atoms with van der Waals surface area (Å²) >= 11 is 0. The first kappa shape index (κ1) is 29.7. The van der Waals surface area contributed by atoms with E-state index < -0.39 is 75.5 Å².